The summed E-state index contributed by atoms with van der Waals surface area (Å²) in [5.74, 6) is -0.342. The van der Waals surface area contributed by atoms with Crippen molar-refractivity contribution in [1.29, 1.82) is 5.26 Å². The predicted molar refractivity (Wildman–Crippen MR) is 58.9 cm³/mol. The molecule has 0 aliphatic heterocycles. The van der Waals surface area contributed by atoms with E-state index < -0.39 is 5.97 Å². The number of rotatable bonds is 2. The molecular formula is C11H15ClFNO2. The molecule has 2 unspecified atom stereocenters. The van der Waals surface area contributed by atoms with E-state index in [-0.39, 0.29) is 17.3 Å². The van der Waals surface area contributed by atoms with Gasteiger partial charge in [-0.25, -0.2) is 0 Å². The highest BCUT2D eigenvalue weighted by Gasteiger charge is 2.61. The maximum atomic E-state index is 11.3. The highest BCUT2D eigenvalue weighted by atomic mass is 35.5. The van der Waals surface area contributed by atoms with Gasteiger partial charge in [-0.05, 0) is 25.2 Å². The van der Waals surface area contributed by atoms with Gasteiger partial charge >= 0.3 is 5.97 Å². The van der Waals surface area contributed by atoms with Gasteiger partial charge in [0.05, 0.1) is 5.92 Å². The highest BCUT2D eigenvalue weighted by Crippen LogP contribution is 2.59. The molecule has 2 atom stereocenters. The average molecular weight is 248 g/mol. The zero-order chi connectivity index (χ0) is 12.9. The molecule has 5 heteroatoms. The molecule has 0 radical (unpaired) electrons. The third-order valence-corrected chi connectivity index (χ3v) is 2.82. The van der Waals surface area contributed by atoms with Crippen LogP contribution in [0.25, 0.3) is 0 Å². The van der Waals surface area contributed by atoms with Crippen molar-refractivity contribution in [3.8, 4) is 6.26 Å². The molecule has 0 bridgehead atoms. The van der Waals surface area contributed by atoms with Crippen LogP contribution in [0.5, 0.6) is 0 Å². The van der Waals surface area contributed by atoms with E-state index in [9.17, 15) is 4.79 Å². The molecule has 0 aromatic rings. The first kappa shape index (κ1) is 14.9. The van der Waals surface area contributed by atoms with Crippen LogP contribution in [0, 0.1) is 28.8 Å². The number of carbonyl (C=O) groups is 1. The van der Waals surface area contributed by atoms with Gasteiger partial charge in [-0.15, -0.1) is 9.24 Å². The van der Waals surface area contributed by atoms with Gasteiger partial charge in [-0.3, -0.25) is 4.79 Å². The minimum absolute atomic E-state index is 0.0643. The summed E-state index contributed by atoms with van der Waals surface area (Å²) in [6, 6.07) is 0. The van der Waals surface area contributed by atoms with E-state index in [1.807, 2.05) is 27.7 Å². The summed E-state index contributed by atoms with van der Waals surface area (Å²) in [6.45, 7) is 8.03. The number of nitriles is 1. The van der Waals surface area contributed by atoms with Crippen molar-refractivity contribution in [3.05, 3.63) is 11.6 Å². The fraction of sp³-hybridized carbons (Fsp3) is 0.636. The Labute approximate surface area is 100 Å². The number of nitrogens with zero attached hydrogens (tertiary/aromatic N) is 1. The van der Waals surface area contributed by atoms with Crippen molar-refractivity contribution in [1.82, 2.24) is 0 Å². The number of ether oxygens (including phenoxy) is 1. The molecule has 3 nitrogen and oxygen atoms in total. The number of hydrogen-bond donors (Lipinski definition) is 0. The number of hydrogen-bond acceptors (Lipinski definition) is 3. The largest absolute Gasteiger partial charge is 0.351 e. The summed E-state index contributed by atoms with van der Waals surface area (Å²) >= 11 is 3.14. The predicted octanol–water partition coefficient (Wildman–Crippen LogP) is 3.36. The third-order valence-electron chi connectivity index (χ3n) is 2.82. The van der Waals surface area contributed by atoms with Gasteiger partial charge in [-0.2, -0.15) is 0 Å². The van der Waals surface area contributed by atoms with Crippen LogP contribution < -0.4 is 0 Å². The summed E-state index contributed by atoms with van der Waals surface area (Å²) in [7, 11) is 0. The van der Waals surface area contributed by atoms with Crippen LogP contribution in [0.4, 0.5) is 3.98 Å². The van der Waals surface area contributed by atoms with Crippen LogP contribution in [0.3, 0.4) is 0 Å². The quantitative estimate of drug-likeness (QED) is 0.427. The molecule has 90 valence electrons. The Hall–Kier alpha value is -1.08. The van der Waals surface area contributed by atoms with Crippen LogP contribution in [-0.4, -0.2) is 5.97 Å². The zero-order valence-corrected chi connectivity index (χ0v) is 10.5. The first-order valence-electron chi connectivity index (χ1n) is 4.80. The SMILES string of the molecule is CC(C)=CC1C(C(=O)OC#N)C1(C)C.FCl. The van der Waals surface area contributed by atoms with E-state index in [1.54, 1.807) is 0 Å². The van der Waals surface area contributed by atoms with E-state index in [0.29, 0.717) is 0 Å². The Balaban J connectivity index is 0.00000106. The van der Waals surface area contributed by atoms with Crippen LogP contribution in [0.1, 0.15) is 27.7 Å². The molecular weight excluding hydrogens is 233 g/mol. The number of carbonyl (C=O) groups excluding carboxylic acids is 1. The van der Waals surface area contributed by atoms with E-state index >= 15 is 0 Å². The molecule has 1 saturated carbocycles. The molecule has 0 N–H and O–H groups in total. The topological polar surface area (TPSA) is 50.1 Å². The van der Waals surface area contributed by atoms with Crippen molar-refractivity contribution in [2.75, 3.05) is 0 Å². The lowest BCUT2D eigenvalue weighted by Crippen LogP contribution is -2.07. The minimum Gasteiger partial charge on any atom is -0.351 e. The minimum atomic E-state index is -0.403. The molecule has 1 fully saturated rings. The smallest absolute Gasteiger partial charge is 0.325 e. The molecule has 1 aliphatic rings. The van der Waals surface area contributed by atoms with E-state index in [1.165, 1.54) is 11.8 Å². The Morgan fingerprint density at radius 3 is 2.38 bits per heavy atom. The maximum absolute atomic E-state index is 11.3. The van der Waals surface area contributed by atoms with Gasteiger partial charge in [0.25, 0.3) is 6.26 Å². The lowest BCUT2D eigenvalue weighted by molar-refractivity contribution is -0.139. The Morgan fingerprint density at radius 1 is 1.50 bits per heavy atom. The Morgan fingerprint density at radius 2 is 2.00 bits per heavy atom. The summed E-state index contributed by atoms with van der Waals surface area (Å²) in [4.78, 5) is 11.3. The molecule has 0 amide bonds. The van der Waals surface area contributed by atoms with Crippen LogP contribution >= 0.6 is 12.0 Å². The molecule has 16 heavy (non-hydrogen) atoms. The molecule has 0 aromatic heterocycles. The van der Waals surface area contributed by atoms with Crippen molar-refractivity contribution >= 4 is 17.9 Å². The molecule has 1 aliphatic carbocycles. The van der Waals surface area contributed by atoms with Crippen molar-refractivity contribution in [2.24, 2.45) is 17.3 Å². The zero-order valence-electron chi connectivity index (χ0n) is 9.75. The lowest BCUT2D eigenvalue weighted by atomic mass is 10.1. The van der Waals surface area contributed by atoms with Gasteiger partial charge in [0.15, 0.2) is 0 Å². The van der Waals surface area contributed by atoms with Crippen molar-refractivity contribution in [2.45, 2.75) is 27.7 Å². The van der Waals surface area contributed by atoms with E-state index in [4.69, 9.17) is 9.24 Å². The van der Waals surface area contributed by atoms with Gasteiger partial charge in [0.1, 0.15) is 12.0 Å². The number of allylic oxidation sites excluding steroid dienone is 2. The van der Waals surface area contributed by atoms with Gasteiger partial charge in [0.2, 0.25) is 0 Å². The van der Waals surface area contributed by atoms with Gasteiger partial charge in [-0.1, -0.05) is 25.5 Å². The van der Waals surface area contributed by atoms with Gasteiger partial charge < -0.3 is 4.74 Å². The summed E-state index contributed by atoms with van der Waals surface area (Å²) in [5.41, 5.74) is 1.13. The van der Waals surface area contributed by atoms with Crippen LogP contribution in [0.15, 0.2) is 11.6 Å². The summed E-state index contributed by atoms with van der Waals surface area (Å²) in [6.07, 6.45) is 3.50. The van der Waals surface area contributed by atoms with E-state index in [0.717, 1.165) is 0 Å². The fourth-order valence-electron chi connectivity index (χ4n) is 1.91. The van der Waals surface area contributed by atoms with Crippen LogP contribution in [0.2, 0.25) is 0 Å². The first-order chi connectivity index (χ1) is 7.41. The summed E-state index contributed by atoms with van der Waals surface area (Å²) in [5, 5.41) is 8.24. The number of esters is 1. The van der Waals surface area contributed by atoms with E-state index in [2.05, 4.69) is 22.8 Å². The molecule has 0 heterocycles. The average Bonchev–Trinajstić information content (AvgIpc) is 2.71. The van der Waals surface area contributed by atoms with Crippen molar-refractivity contribution in [3.63, 3.8) is 0 Å². The first-order valence-corrected chi connectivity index (χ1v) is 5.09. The maximum Gasteiger partial charge on any atom is 0.325 e. The Bertz CT molecular complexity index is 329. The fourth-order valence-corrected chi connectivity index (χ4v) is 1.91. The number of halogens is 2. The normalized spacial score (nSPS) is 24.3. The molecule has 1 rings (SSSR count). The lowest BCUT2D eigenvalue weighted by Gasteiger charge is -1.97. The monoisotopic (exact) mass is 247 g/mol. The summed E-state index contributed by atoms with van der Waals surface area (Å²) < 4.78 is 13.3. The molecule has 0 saturated heterocycles. The second-order valence-electron chi connectivity index (χ2n) is 4.58. The van der Waals surface area contributed by atoms with Crippen molar-refractivity contribution < 1.29 is 13.5 Å². The molecule has 0 aromatic carbocycles. The highest BCUT2D eigenvalue weighted by molar-refractivity contribution is 6.06. The molecule has 0 spiro atoms. The van der Waals surface area contributed by atoms with Crippen LogP contribution in [-0.2, 0) is 9.53 Å². The standard InChI is InChI=1S/C11H15NO2.ClF/c1-7(2)5-8-9(11(8,3)4)10(13)14-6-12;1-2/h5,8-9H,1-4H3;. The Kier molecular flexibility index (Phi) is 5.46. The second-order valence-corrected chi connectivity index (χ2v) is 4.58. The second kappa shape index (κ2) is 5.86. The third kappa shape index (κ3) is 3.21. The van der Waals surface area contributed by atoms with Gasteiger partial charge in [0, 0.05) is 0 Å².